The third kappa shape index (κ3) is 30.7. The molecule has 0 aliphatic carbocycles. The number of unbranched alkanes of at least 4 members (excludes halogenated alkanes) is 29. The highest BCUT2D eigenvalue weighted by molar-refractivity contribution is 6.74. The van der Waals surface area contributed by atoms with Gasteiger partial charge in [0.2, 0.25) is 0 Å². The standard InChI is InChI=1S/C44H92O2Si/c1-8-9-10-11-12-13-14-15-16-18-21-24-27-30-33-36-39-42(2)43(46-47(6,7)44(3,4)5)40-37-34-31-28-25-22-19-17-20-23-26-29-32-35-38-41-45/h42-43,45H,8-41H2,1-7H3/t42-,43-/m0/s1. The normalized spacial score (nSPS) is 13.8. The molecule has 2 nitrogen and oxygen atoms in total. The molecule has 0 rings (SSSR count). The van der Waals surface area contributed by atoms with E-state index in [1.807, 2.05) is 0 Å². The Morgan fingerprint density at radius 2 is 0.723 bits per heavy atom. The molecule has 0 unspecified atom stereocenters. The van der Waals surface area contributed by atoms with Gasteiger partial charge in [-0.3, -0.25) is 0 Å². The van der Waals surface area contributed by atoms with Crippen molar-refractivity contribution in [2.24, 2.45) is 5.92 Å². The van der Waals surface area contributed by atoms with Gasteiger partial charge in [-0.2, -0.15) is 0 Å². The van der Waals surface area contributed by atoms with Crippen molar-refractivity contribution in [3.8, 4) is 0 Å². The first-order valence-electron chi connectivity index (χ1n) is 21.9. The molecule has 0 aliphatic rings. The average Bonchev–Trinajstić information content (AvgIpc) is 3.03. The lowest BCUT2D eigenvalue weighted by Crippen LogP contribution is -2.45. The second kappa shape index (κ2) is 33.3. The van der Waals surface area contributed by atoms with E-state index >= 15 is 0 Å². The number of hydrogen-bond donors (Lipinski definition) is 1. The van der Waals surface area contributed by atoms with Gasteiger partial charge in [0, 0.05) is 12.7 Å². The van der Waals surface area contributed by atoms with E-state index in [9.17, 15) is 0 Å². The maximum atomic E-state index is 8.86. The van der Waals surface area contributed by atoms with Crippen LogP contribution in [0.3, 0.4) is 0 Å². The molecule has 47 heavy (non-hydrogen) atoms. The predicted octanol–water partition coefficient (Wildman–Crippen LogP) is 15.9. The zero-order valence-electron chi connectivity index (χ0n) is 34.1. The fourth-order valence-corrected chi connectivity index (χ4v) is 8.43. The SMILES string of the molecule is CCCCCCCCCCCCCCCCCC[C@H](C)[C@H](CCCCCCCCCCCCCCCCCO)O[Si](C)(C)C(C)(C)C. The van der Waals surface area contributed by atoms with Gasteiger partial charge in [-0.1, -0.05) is 227 Å². The van der Waals surface area contributed by atoms with E-state index in [4.69, 9.17) is 9.53 Å². The first-order chi connectivity index (χ1) is 22.7. The summed E-state index contributed by atoms with van der Waals surface area (Å²) in [5.41, 5.74) is 0. The summed E-state index contributed by atoms with van der Waals surface area (Å²) in [4.78, 5) is 0. The minimum atomic E-state index is -1.74. The zero-order valence-corrected chi connectivity index (χ0v) is 35.1. The van der Waals surface area contributed by atoms with Crippen LogP contribution in [0.15, 0.2) is 0 Å². The van der Waals surface area contributed by atoms with Gasteiger partial charge in [-0.15, -0.1) is 0 Å². The zero-order chi connectivity index (χ0) is 34.9. The molecule has 0 saturated heterocycles. The van der Waals surface area contributed by atoms with E-state index in [1.165, 1.54) is 205 Å². The van der Waals surface area contributed by atoms with Crippen LogP contribution >= 0.6 is 0 Å². The Bertz CT molecular complexity index is 613. The van der Waals surface area contributed by atoms with Crippen LogP contribution in [0, 0.1) is 5.92 Å². The van der Waals surface area contributed by atoms with E-state index in [1.54, 1.807) is 0 Å². The molecule has 0 aliphatic heterocycles. The third-order valence-corrected chi connectivity index (χ3v) is 16.1. The van der Waals surface area contributed by atoms with E-state index in [0.29, 0.717) is 23.7 Å². The van der Waals surface area contributed by atoms with Crippen LogP contribution in [0.1, 0.15) is 247 Å². The summed E-state index contributed by atoms with van der Waals surface area (Å²) < 4.78 is 7.10. The fraction of sp³-hybridized carbons (Fsp3) is 1.00. The van der Waals surface area contributed by atoms with Crippen molar-refractivity contribution in [3.63, 3.8) is 0 Å². The van der Waals surface area contributed by atoms with Gasteiger partial charge in [0.05, 0.1) is 0 Å². The second-order valence-electron chi connectivity index (χ2n) is 17.3. The molecular weight excluding hydrogens is 589 g/mol. The van der Waals surface area contributed by atoms with Crippen LogP contribution < -0.4 is 0 Å². The molecule has 0 amide bonds. The van der Waals surface area contributed by atoms with E-state index < -0.39 is 8.32 Å². The van der Waals surface area contributed by atoms with E-state index in [-0.39, 0.29) is 0 Å². The summed E-state index contributed by atoms with van der Waals surface area (Å²) in [6.45, 7) is 17.3. The fourth-order valence-electron chi connectivity index (χ4n) is 6.97. The van der Waals surface area contributed by atoms with Crippen molar-refractivity contribution in [1.82, 2.24) is 0 Å². The highest BCUT2D eigenvalue weighted by Gasteiger charge is 2.39. The van der Waals surface area contributed by atoms with Crippen molar-refractivity contribution in [3.05, 3.63) is 0 Å². The molecule has 0 spiro atoms. The van der Waals surface area contributed by atoms with Gasteiger partial charge in [0.1, 0.15) is 0 Å². The van der Waals surface area contributed by atoms with Crippen LogP contribution in [0.5, 0.6) is 0 Å². The van der Waals surface area contributed by atoms with Crippen LogP contribution in [-0.2, 0) is 4.43 Å². The lowest BCUT2D eigenvalue weighted by atomic mass is 9.93. The third-order valence-electron chi connectivity index (χ3n) is 11.5. The van der Waals surface area contributed by atoms with Gasteiger partial charge in [-0.25, -0.2) is 0 Å². The van der Waals surface area contributed by atoms with Crippen molar-refractivity contribution in [2.75, 3.05) is 6.61 Å². The van der Waals surface area contributed by atoms with Gasteiger partial charge in [0.25, 0.3) is 0 Å². The Labute approximate surface area is 300 Å². The molecule has 1 N–H and O–H groups in total. The summed E-state index contributed by atoms with van der Waals surface area (Å²) in [5.74, 6) is 0.691. The number of rotatable bonds is 37. The Hall–Kier alpha value is 0.137. The molecule has 0 fully saturated rings. The number of aliphatic hydroxyl groups is 1. The van der Waals surface area contributed by atoms with Gasteiger partial charge < -0.3 is 9.53 Å². The molecule has 0 aromatic rings. The second-order valence-corrected chi connectivity index (χ2v) is 22.1. The first kappa shape index (κ1) is 47.1. The molecule has 0 aromatic heterocycles. The summed E-state index contributed by atoms with van der Waals surface area (Å²) in [6, 6.07) is 0. The quantitative estimate of drug-likeness (QED) is 0.0523. The van der Waals surface area contributed by atoms with Crippen molar-refractivity contribution < 1.29 is 9.53 Å². The molecule has 0 saturated carbocycles. The maximum Gasteiger partial charge on any atom is 0.192 e. The van der Waals surface area contributed by atoms with Gasteiger partial charge >= 0.3 is 0 Å². The highest BCUT2D eigenvalue weighted by Crippen LogP contribution is 2.39. The van der Waals surface area contributed by atoms with Gasteiger partial charge in [0.15, 0.2) is 8.32 Å². The minimum Gasteiger partial charge on any atom is -0.414 e. The molecule has 0 bridgehead atoms. The lowest BCUT2D eigenvalue weighted by molar-refractivity contribution is 0.107. The van der Waals surface area contributed by atoms with Crippen molar-refractivity contribution in [2.45, 2.75) is 271 Å². The molecule has 0 aromatic carbocycles. The minimum absolute atomic E-state index is 0.291. The molecular formula is C44H92O2Si. The highest BCUT2D eigenvalue weighted by atomic mass is 28.4. The summed E-state index contributed by atoms with van der Waals surface area (Å²) in [7, 11) is -1.74. The lowest BCUT2D eigenvalue weighted by Gasteiger charge is -2.41. The van der Waals surface area contributed by atoms with Gasteiger partial charge in [-0.05, 0) is 43.3 Å². The average molecular weight is 681 g/mol. The monoisotopic (exact) mass is 681 g/mol. The van der Waals surface area contributed by atoms with Crippen LogP contribution in [0.4, 0.5) is 0 Å². The molecule has 0 radical (unpaired) electrons. The molecule has 3 heteroatoms. The Morgan fingerprint density at radius 3 is 1.02 bits per heavy atom. The largest absolute Gasteiger partial charge is 0.414 e. The Morgan fingerprint density at radius 1 is 0.447 bits per heavy atom. The van der Waals surface area contributed by atoms with Crippen molar-refractivity contribution in [1.29, 1.82) is 0 Å². The van der Waals surface area contributed by atoms with E-state index in [2.05, 4.69) is 47.7 Å². The summed E-state index contributed by atoms with van der Waals surface area (Å²) >= 11 is 0. The maximum absolute atomic E-state index is 8.86. The number of hydrogen-bond acceptors (Lipinski definition) is 2. The molecule has 2 atom stereocenters. The number of aliphatic hydroxyl groups excluding tert-OH is 1. The topological polar surface area (TPSA) is 29.5 Å². The van der Waals surface area contributed by atoms with Crippen molar-refractivity contribution >= 4 is 8.32 Å². The summed E-state index contributed by atoms with van der Waals surface area (Å²) in [6.07, 6.45) is 46.6. The Balaban J connectivity index is 4.00. The summed E-state index contributed by atoms with van der Waals surface area (Å²) in [5, 5.41) is 9.15. The predicted molar refractivity (Wildman–Crippen MR) is 216 cm³/mol. The molecule has 284 valence electrons. The van der Waals surface area contributed by atoms with E-state index in [0.717, 1.165) is 6.42 Å². The van der Waals surface area contributed by atoms with Crippen LogP contribution in [-0.4, -0.2) is 26.1 Å². The molecule has 0 heterocycles. The van der Waals surface area contributed by atoms with Crippen LogP contribution in [0.25, 0.3) is 0 Å². The Kier molecular flexibility index (Phi) is 33.4. The smallest absolute Gasteiger partial charge is 0.192 e. The van der Waals surface area contributed by atoms with Crippen LogP contribution in [0.2, 0.25) is 18.1 Å². The first-order valence-corrected chi connectivity index (χ1v) is 24.8.